The van der Waals surface area contributed by atoms with E-state index in [0.29, 0.717) is 24.2 Å². The Morgan fingerprint density at radius 2 is 2.00 bits per heavy atom. The van der Waals surface area contributed by atoms with Crippen LogP contribution in [0.1, 0.15) is 16.1 Å². The second kappa shape index (κ2) is 6.33. The first-order valence-electron chi connectivity index (χ1n) is 6.81. The van der Waals surface area contributed by atoms with Gasteiger partial charge in [-0.15, -0.1) is 0 Å². The molecule has 0 bridgehead atoms. The standard InChI is InChI=1S/C17H15NO3/c19-16(12-20-10-8-13-5-3-4-9-18-13)15-11-21-17-7-2-1-6-14(15)17/h1-7,9,11H,8,10,12H2. The topological polar surface area (TPSA) is 52.3 Å². The number of furan rings is 1. The molecule has 0 saturated heterocycles. The van der Waals surface area contributed by atoms with Gasteiger partial charge in [0.25, 0.3) is 0 Å². The molecule has 0 aliphatic rings. The van der Waals surface area contributed by atoms with Crippen LogP contribution < -0.4 is 0 Å². The molecular weight excluding hydrogens is 266 g/mol. The Hall–Kier alpha value is -2.46. The van der Waals surface area contributed by atoms with E-state index < -0.39 is 0 Å². The van der Waals surface area contributed by atoms with Gasteiger partial charge in [-0.2, -0.15) is 0 Å². The normalized spacial score (nSPS) is 10.9. The predicted molar refractivity (Wildman–Crippen MR) is 79.3 cm³/mol. The van der Waals surface area contributed by atoms with Crippen molar-refractivity contribution in [3.8, 4) is 0 Å². The van der Waals surface area contributed by atoms with Crippen LogP contribution in [0.2, 0.25) is 0 Å². The highest BCUT2D eigenvalue weighted by atomic mass is 16.5. The minimum atomic E-state index is -0.0685. The molecule has 3 aromatic rings. The third-order valence-corrected chi connectivity index (χ3v) is 3.24. The lowest BCUT2D eigenvalue weighted by Crippen LogP contribution is -2.10. The van der Waals surface area contributed by atoms with Gasteiger partial charge in [-0.25, -0.2) is 0 Å². The molecular formula is C17H15NO3. The van der Waals surface area contributed by atoms with Gasteiger partial charge < -0.3 is 9.15 Å². The van der Waals surface area contributed by atoms with Crippen molar-refractivity contribution in [2.24, 2.45) is 0 Å². The van der Waals surface area contributed by atoms with E-state index in [-0.39, 0.29) is 12.4 Å². The maximum Gasteiger partial charge on any atom is 0.192 e. The average Bonchev–Trinajstić information content (AvgIpc) is 2.96. The fourth-order valence-corrected chi connectivity index (χ4v) is 2.16. The highest BCUT2D eigenvalue weighted by molar-refractivity contribution is 6.07. The van der Waals surface area contributed by atoms with E-state index in [2.05, 4.69) is 4.98 Å². The summed E-state index contributed by atoms with van der Waals surface area (Å²) in [4.78, 5) is 16.3. The molecule has 0 spiro atoms. The fourth-order valence-electron chi connectivity index (χ4n) is 2.16. The van der Waals surface area contributed by atoms with Gasteiger partial charge in [0.2, 0.25) is 0 Å². The number of nitrogens with zero attached hydrogens (tertiary/aromatic N) is 1. The van der Waals surface area contributed by atoms with E-state index >= 15 is 0 Å². The molecule has 2 aromatic heterocycles. The monoisotopic (exact) mass is 281 g/mol. The van der Waals surface area contributed by atoms with E-state index in [0.717, 1.165) is 11.1 Å². The molecule has 0 N–H and O–H groups in total. The number of hydrogen-bond acceptors (Lipinski definition) is 4. The highest BCUT2D eigenvalue weighted by Gasteiger charge is 2.13. The zero-order valence-corrected chi connectivity index (χ0v) is 11.5. The van der Waals surface area contributed by atoms with E-state index in [1.807, 2.05) is 42.5 Å². The van der Waals surface area contributed by atoms with Gasteiger partial charge in [0.15, 0.2) is 5.78 Å². The predicted octanol–water partition coefficient (Wildman–Crippen LogP) is 3.27. The minimum Gasteiger partial charge on any atom is -0.464 e. The zero-order valence-electron chi connectivity index (χ0n) is 11.5. The number of hydrogen-bond donors (Lipinski definition) is 0. The van der Waals surface area contributed by atoms with E-state index in [9.17, 15) is 4.79 Å². The number of para-hydroxylation sites is 1. The van der Waals surface area contributed by atoms with Crippen molar-refractivity contribution in [3.63, 3.8) is 0 Å². The van der Waals surface area contributed by atoms with Gasteiger partial charge in [0.05, 0.1) is 12.2 Å². The van der Waals surface area contributed by atoms with Crippen LogP contribution in [-0.4, -0.2) is 24.0 Å². The van der Waals surface area contributed by atoms with Crippen LogP contribution in [0.25, 0.3) is 11.0 Å². The smallest absolute Gasteiger partial charge is 0.192 e. The number of benzene rings is 1. The van der Waals surface area contributed by atoms with Gasteiger partial charge in [-0.1, -0.05) is 24.3 Å². The van der Waals surface area contributed by atoms with Crippen LogP contribution in [0.5, 0.6) is 0 Å². The second-order valence-electron chi connectivity index (χ2n) is 4.69. The molecule has 0 saturated carbocycles. The van der Waals surface area contributed by atoms with Crippen LogP contribution in [0.15, 0.2) is 59.3 Å². The van der Waals surface area contributed by atoms with Crippen molar-refractivity contribution < 1.29 is 13.9 Å². The number of fused-ring (bicyclic) bond motifs is 1. The number of ketones is 1. The Morgan fingerprint density at radius 3 is 2.86 bits per heavy atom. The van der Waals surface area contributed by atoms with Gasteiger partial charge in [0, 0.05) is 23.7 Å². The fraction of sp³-hybridized carbons (Fsp3) is 0.176. The molecule has 106 valence electrons. The SMILES string of the molecule is O=C(COCCc1ccccn1)c1coc2ccccc12. The van der Waals surface area contributed by atoms with Gasteiger partial charge in [-0.05, 0) is 18.2 Å². The molecule has 1 aromatic carbocycles. The number of Topliss-reactive ketones (excluding diaryl/α,β-unsaturated/α-hetero) is 1. The Balaban J connectivity index is 1.55. The van der Waals surface area contributed by atoms with Crippen molar-refractivity contribution in [2.75, 3.05) is 13.2 Å². The highest BCUT2D eigenvalue weighted by Crippen LogP contribution is 2.21. The molecule has 0 atom stereocenters. The van der Waals surface area contributed by atoms with Crippen molar-refractivity contribution >= 4 is 16.8 Å². The number of rotatable bonds is 6. The van der Waals surface area contributed by atoms with Crippen LogP contribution in [0.4, 0.5) is 0 Å². The summed E-state index contributed by atoms with van der Waals surface area (Å²) in [5, 5.41) is 0.829. The zero-order chi connectivity index (χ0) is 14.5. The lowest BCUT2D eigenvalue weighted by atomic mass is 10.1. The number of ether oxygens (including phenoxy) is 1. The molecule has 0 unspecified atom stereocenters. The summed E-state index contributed by atoms with van der Waals surface area (Å²) in [6, 6.07) is 13.2. The summed E-state index contributed by atoms with van der Waals surface area (Å²) in [5.74, 6) is -0.0685. The number of carbonyl (C=O) groups is 1. The quantitative estimate of drug-likeness (QED) is 0.514. The van der Waals surface area contributed by atoms with Crippen LogP contribution in [0.3, 0.4) is 0 Å². The van der Waals surface area contributed by atoms with Crippen molar-refractivity contribution in [2.45, 2.75) is 6.42 Å². The molecule has 0 aliphatic carbocycles. The van der Waals surface area contributed by atoms with Gasteiger partial charge in [0.1, 0.15) is 18.5 Å². The third kappa shape index (κ3) is 3.17. The van der Waals surface area contributed by atoms with Crippen molar-refractivity contribution in [1.29, 1.82) is 0 Å². The van der Waals surface area contributed by atoms with Crippen LogP contribution >= 0.6 is 0 Å². The molecule has 0 radical (unpaired) electrons. The molecule has 21 heavy (non-hydrogen) atoms. The molecule has 2 heterocycles. The van der Waals surface area contributed by atoms with E-state index in [1.165, 1.54) is 6.26 Å². The summed E-state index contributed by atoms with van der Waals surface area (Å²) >= 11 is 0. The summed E-state index contributed by atoms with van der Waals surface area (Å²) in [7, 11) is 0. The van der Waals surface area contributed by atoms with Gasteiger partial charge in [-0.3, -0.25) is 9.78 Å². The number of aromatic nitrogens is 1. The Bertz CT molecular complexity index is 734. The summed E-state index contributed by atoms with van der Waals surface area (Å²) in [6.07, 6.45) is 3.94. The Kier molecular flexibility index (Phi) is 4.07. The van der Waals surface area contributed by atoms with Crippen LogP contribution in [-0.2, 0) is 11.2 Å². The first kappa shape index (κ1) is 13.5. The lowest BCUT2D eigenvalue weighted by molar-refractivity contribution is 0.0765. The summed E-state index contributed by atoms with van der Waals surface area (Å²) < 4.78 is 10.8. The Morgan fingerprint density at radius 1 is 1.14 bits per heavy atom. The molecule has 4 nitrogen and oxygen atoms in total. The van der Waals surface area contributed by atoms with Crippen molar-refractivity contribution in [3.05, 3.63) is 66.2 Å². The molecule has 0 fully saturated rings. The maximum atomic E-state index is 12.1. The minimum absolute atomic E-state index is 0.0519. The van der Waals surface area contributed by atoms with E-state index in [4.69, 9.17) is 9.15 Å². The molecule has 4 heteroatoms. The van der Waals surface area contributed by atoms with Crippen molar-refractivity contribution in [1.82, 2.24) is 4.98 Å². The first-order valence-corrected chi connectivity index (χ1v) is 6.81. The number of pyridine rings is 1. The lowest BCUT2D eigenvalue weighted by Gasteiger charge is -2.02. The van der Waals surface area contributed by atoms with E-state index in [1.54, 1.807) is 6.20 Å². The van der Waals surface area contributed by atoms with Crippen LogP contribution in [0, 0.1) is 0 Å². The largest absolute Gasteiger partial charge is 0.464 e. The summed E-state index contributed by atoms with van der Waals surface area (Å²) in [5.41, 5.74) is 2.25. The maximum absolute atomic E-state index is 12.1. The molecule has 3 rings (SSSR count). The summed E-state index contributed by atoms with van der Waals surface area (Å²) in [6.45, 7) is 0.523. The van der Waals surface area contributed by atoms with Gasteiger partial charge >= 0.3 is 0 Å². The second-order valence-corrected chi connectivity index (χ2v) is 4.69. The third-order valence-electron chi connectivity index (χ3n) is 3.24. The average molecular weight is 281 g/mol. The Labute approximate surface area is 122 Å². The molecule has 0 amide bonds. The number of carbonyl (C=O) groups excluding carboxylic acids is 1. The first-order chi connectivity index (χ1) is 10.3. The molecule has 0 aliphatic heterocycles.